The SMILES string of the molecule is CCC(C)C(NC(=O)C(CCCCN)NC(=O)C(N)C(C)O)C(=O)NC(CC(C)C)C(=O)O. The molecule has 0 aromatic rings. The van der Waals surface area contributed by atoms with E-state index in [9.17, 15) is 29.4 Å². The van der Waals surface area contributed by atoms with Gasteiger partial charge < -0.3 is 37.6 Å². The van der Waals surface area contributed by atoms with Gasteiger partial charge in [-0.3, -0.25) is 14.4 Å². The van der Waals surface area contributed by atoms with Crippen molar-refractivity contribution in [3.8, 4) is 0 Å². The van der Waals surface area contributed by atoms with Crippen LogP contribution in [0.4, 0.5) is 0 Å². The molecule has 0 aromatic heterocycles. The lowest BCUT2D eigenvalue weighted by Gasteiger charge is -2.28. The van der Waals surface area contributed by atoms with Crippen LogP contribution in [-0.2, 0) is 19.2 Å². The first-order chi connectivity index (χ1) is 15.3. The third kappa shape index (κ3) is 11.4. The number of aliphatic hydroxyl groups is 1. The Bertz CT molecular complexity index is 643. The number of aliphatic hydroxyl groups excluding tert-OH is 1. The topological polar surface area (TPSA) is 197 Å². The molecule has 0 heterocycles. The number of carbonyl (C=O) groups excluding carboxylic acids is 3. The maximum absolute atomic E-state index is 13.0. The maximum atomic E-state index is 13.0. The summed E-state index contributed by atoms with van der Waals surface area (Å²) in [6, 6.07) is -4.27. The van der Waals surface area contributed by atoms with Gasteiger partial charge in [-0.25, -0.2) is 4.79 Å². The van der Waals surface area contributed by atoms with Crippen molar-refractivity contribution in [2.24, 2.45) is 23.3 Å². The average Bonchev–Trinajstić information content (AvgIpc) is 2.74. The second kappa shape index (κ2) is 15.6. The van der Waals surface area contributed by atoms with Gasteiger partial charge in [0.15, 0.2) is 0 Å². The van der Waals surface area contributed by atoms with Crippen molar-refractivity contribution in [1.29, 1.82) is 0 Å². The first kappa shape index (κ1) is 30.8. The largest absolute Gasteiger partial charge is 0.480 e. The third-order valence-electron chi connectivity index (χ3n) is 5.52. The standard InChI is InChI=1S/C22H43N5O6/c1-6-13(4)18(21(31)26-16(22(32)33)11-12(2)3)27-19(29)15(9-7-8-10-23)25-20(30)17(24)14(5)28/h12-18,28H,6-11,23-24H2,1-5H3,(H,25,30)(H,26,31)(H,27,29)(H,32,33). The summed E-state index contributed by atoms with van der Waals surface area (Å²) in [6.07, 6.45) is 1.14. The average molecular weight is 474 g/mol. The van der Waals surface area contributed by atoms with E-state index in [-0.39, 0.29) is 24.7 Å². The van der Waals surface area contributed by atoms with Crippen LogP contribution >= 0.6 is 0 Å². The minimum Gasteiger partial charge on any atom is -0.480 e. The van der Waals surface area contributed by atoms with Crippen LogP contribution < -0.4 is 27.4 Å². The number of amides is 3. The predicted molar refractivity (Wildman–Crippen MR) is 125 cm³/mol. The van der Waals surface area contributed by atoms with E-state index in [4.69, 9.17) is 11.5 Å². The van der Waals surface area contributed by atoms with E-state index in [1.807, 2.05) is 20.8 Å². The van der Waals surface area contributed by atoms with Gasteiger partial charge in [0.1, 0.15) is 24.2 Å². The Labute approximate surface area is 196 Å². The maximum Gasteiger partial charge on any atom is 0.326 e. The number of unbranched alkanes of at least 4 members (excludes halogenated alkanes) is 1. The number of hydrogen-bond acceptors (Lipinski definition) is 7. The molecule has 0 saturated carbocycles. The highest BCUT2D eigenvalue weighted by Gasteiger charge is 2.33. The highest BCUT2D eigenvalue weighted by atomic mass is 16.4. The zero-order valence-electron chi connectivity index (χ0n) is 20.5. The van der Waals surface area contributed by atoms with E-state index in [1.54, 1.807) is 6.92 Å². The van der Waals surface area contributed by atoms with Gasteiger partial charge in [0.05, 0.1) is 6.10 Å². The van der Waals surface area contributed by atoms with Crippen molar-refractivity contribution in [2.75, 3.05) is 6.54 Å². The molecule has 0 saturated heterocycles. The molecule has 33 heavy (non-hydrogen) atoms. The highest BCUT2D eigenvalue weighted by molar-refractivity contribution is 5.94. The molecule has 11 nitrogen and oxygen atoms in total. The minimum absolute atomic E-state index is 0.0447. The van der Waals surface area contributed by atoms with Crippen LogP contribution in [0.25, 0.3) is 0 Å². The van der Waals surface area contributed by atoms with Crippen LogP contribution in [0.5, 0.6) is 0 Å². The summed E-state index contributed by atoms with van der Waals surface area (Å²) in [5.74, 6) is -3.27. The number of carbonyl (C=O) groups is 4. The van der Waals surface area contributed by atoms with E-state index < -0.39 is 54.0 Å². The number of carboxylic acid groups (broad SMARTS) is 1. The molecule has 6 unspecified atom stereocenters. The van der Waals surface area contributed by atoms with E-state index in [0.29, 0.717) is 25.8 Å². The van der Waals surface area contributed by atoms with Gasteiger partial charge >= 0.3 is 5.97 Å². The molecule has 6 atom stereocenters. The summed E-state index contributed by atoms with van der Waals surface area (Å²) >= 11 is 0. The lowest BCUT2D eigenvalue weighted by molar-refractivity contribution is -0.143. The molecule has 0 aliphatic carbocycles. The van der Waals surface area contributed by atoms with Gasteiger partial charge in [0.25, 0.3) is 0 Å². The number of hydrogen-bond donors (Lipinski definition) is 7. The minimum atomic E-state index is -1.21. The van der Waals surface area contributed by atoms with Crippen LogP contribution in [0.2, 0.25) is 0 Å². The van der Waals surface area contributed by atoms with Crippen LogP contribution in [0.15, 0.2) is 0 Å². The second-order valence-corrected chi connectivity index (χ2v) is 9.01. The lowest BCUT2D eigenvalue weighted by Crippen LogP contribution is -2.59. The smallest absolute Gasteiger partial charge is 0.326 e. The Morgan fingerprint density at radius 3 is 1.91 bits per heavy atom. The summed E-state index contributed by atoms with van der Waals surface area (Å²) in [4.78, 5) is 49.9. The van der Waals surface area contributed by atoms with E-state index in [0.717, 1.165) is 0 Å². The Morgan fingerprint density at radius 1 is 0.879 bits per heavy atom. The van der Waals surface area contributed by atoms with Crippen molar-refractivity contribution in [3.63, 3.8) is 0 Å². The van der Waals surface area contributed by atoms with Crippen molar-refractivity contribution in [3.05, 3.63) is 0 Å². The molecule has 0 aromatic carbocycles. The summed E-state index contributed by atoms with van der Waals surface area (Å²) in [5, 5.41) is 26.7. The molecule has 0 aliphatic heterocycles. The number of carboxylic acids is 1. The Balaban J connectivity index is 5.56. The number of nitrogens with two attached hydrogens (primary N) is 2. The molecule has 192 valence electrons. The molecular formula is C22H43N5O6. The molecule has 0 aliphatic rings. The van der Waals surface area contributed by atoms with E-state index >= 15 is 0 Å². The monoisotopic (exact) mass is 473 g/mol. The Hall–Kier alpha value is -2.24. The molecule has 0 fully saturated rings. The van der Waals surface area contributed by atoms with Gasteiger partial charge in [-0.05, 0) is 51.0 Å². The van der Waals surface area contributed by atoms with E-state index in [2.05, 4.69) is 16.0 Å². The van der Waals surface area contributed by atoms with Crippen LogP contribution in [-0.4, -0.2) is 70.7 Å². The van der Waals surface area contributed by atoms with Crippen LogP contribution in [0, 0.1) is 11.8 Å². The summed E-state index contributed by atoms with van der Waals surface area (Å²) < 4.78 is 0. The van der Waals surface area contributed by atoms with Crippen LogP contribution in [0.3, 0.4) is 0 Å². The summed E-state index contributed by atoms with van der Waals surface area (Å²) in [6.45, 7) is 9.11. The number of rotatable bonds is 16. The fourth-order valence-electron chi connectivity index (χ4n) is 3.16. The Morgan fingerprint density at radius 2 is 1.45 bits per heavy atom. The van der Waals surface area contributed by atoms with Crippen molar-refractivity contribution in [2.45, 2.75) is 97.0 Å². The first-order valence-corrected chi connectivity index (χ1v) is 11.6. The van der Waals surface area contributed by atoms with Crippen molar-refractivity contribution < 1.29 is 29.4 Å². The molecule has 9 N–H and O–H groups in total. The molecular weight excluding hydrogens is 430 g/mol. The number of aliphatic carboxylic acids is 1. The molecule has 0 rings (SSSR count). The van der Waals surface area contributed by atoms with Gasteiger partial charge in [0.2, 0.25) is 17.7 Å². The second-order valence-electron chi connectivity index (χ2n) is 9.01. The zero-order valence-corrected chi connectivity index (χ0v) is 20.5. The highest BCUT2D eigenvalue weighted by Crippen LogP contribution is 2.12. The Kier molecular flexibility index (Phi) is 14.5. The van der Waals surface area contributed by atoms with Gasteiger partial charge in [0, 0.05) is 0 Å². The van der Waals surface area contributed by atoms with Crippen molar-refractivity contribution >= 4 is 23.7 Å². The molecule has 0 spiro atoms. The first-order valence-electron chi connectivity index (χ1n) is 11.6. The number of nitrogens with one attached hydrogen (secondary N) is 3. The molecule has 0 radical (unpaired) electrons. The van der Waals surface area contributed by atoms with E-state index in [1.165, 1.54) is 6.92 Å². The molecule has 0 bridgehead atoms. The summed E-state index contributed by atoms with van der Waals surface area (Å²) in [5.41, 5.74) is 11.2. The van der Waals surface area contributed by atoms with Gasteiger partial charge in [-0.2, -0.15) is 0 Å². The predicted octanol–water partition coefficient (Wildman–Crippen LogP) is -0.545. The fourth-order valence-corrected chi connectivity index (χ4v) is 3.16. The molecule has 3 amide bonds. The third-order valence-corrected chi connectivity index (χ3v) is 5.52. The van der Waals surface area contributed by atoms with Crippen molar-refractivity contribution in [1.82, 2.24) is 16.0 Å². The summed E-state index contributed by atoms with van der Waals surface area (Å²) in [7, 11) is 0. The van der Waals surface area contributed by atoms with Crippen LogP contribution in [0.1, 0.15) is 66.7 Å². The lowest BCUT2D eigenvalue weighted by atomic mass is 9.96. The molecule has 11 heteroatoms. The zero-order chi connectivity index (χ0) is 25.7. The van der Waals surface area contributed by atoms with Gasteiger partial charge in [-0.15, -0.1) is 0 Å². The quantitative estimate of drug-likeness (QED) is 0.145. The van der Waals surface area contributed by atoms with Gasteiger partial charge in [-0.1, -0.05) is 34.1 Å². The fraction of sp³-hybridized carbons (Fsp3) is 0.818. The normalized spacial score (nSPS) is 16.8.